The molecular weight excluding hydrogens is 322 g/mol. The maximum absolute atomic E-state index is 5.73. The second-order valence-corrected chi connectivity index (χ2v) is 4.93. The minimum atomic E-state index is 0.267. The van der Waals surface area contributed by atoms with E-state index in [4.69, 9.17) is 10.3 Å². The molecule has 0 saturated carbocycles. The Bertz CT molecular complexity index is 743. The molecule has 3 aromatic rings. The SMILES string of the molecule is Nc1nccnc1-c1nc(Cc2ccccc2Br)no1. The summed E-state index contributed by atoms with van der Waals surface area (Å²) in [7, 11) is 0. The summed E-state index contributed by atoms with van der Waals surface area (Å²) < 4.78 is 6.19. The Morgan fingerprint density at radius 2 is 1.95 bits per heavy atom. The van der Waals surface area contributed by atoms with E-state index < -0.39 is 0 Å². The first-order valence-electron chi connectivity index (χ1n) is 5.87. The molecule has 0 aliphatic carbocycles. The Balaban J connectivity index is 1.88. The summed E-state index contributed by atoms with van der Waals surface area (Å²) in [4.78, 5) is 12.3. The summed E-state index contributed by atoms with van der Waals surface area (Å²) in [6, 6.07) is 7.88. The van der Waals surface area contributed by atoms with E-state index >= 15 is 0 Å². The maximum atomic E-state index is 5.73. The predicted molar refractivity (Wildman–Crippen MR) is 76.7 cm³/mol. The maximum Gasteiger partial charge on any atom is 0.280 e. The van der Waals surface area contributed by atoms with Gasteiger partial charge in [0.2, 0.25) is 0 Å². The van der Waals surface area contributed by atoms with Crippen LogP contribution in [-0.2, 0) is 6.42 Å². The van der Waals surface area contributed by atoms with Crippen molar-refractivity contribution >= 4 is 21.7 Å². The highest BCUT2D eigenvalue weighted by molar-refractivity contribution is 9.10. The van der Waals surface area contributed by atoms with Gasteiger partial charge in [-0.15, -0.1) is 0 Å². The molecule has 0 bridgehead atoms. The summed E-state index contributed by atoms with van der Waals surface area (Å²) >= 11 is 3.49. The lowest BCUT2D eigenvalue weighted by Gasteiger charge is -1.99. The first-order chi connectivity index (χ1) is 9.74. The molecule has 20 heavy (non-hydrogen) atoms. The lowest BCUT2D eigenvalue weighted by Crippen LogP contribution is -1.96. The van der Waals surface area contributed by atoms with Crippen LogP contribution in [0, 0.1) is 0 Å². The van der Waals surface area contributed by atoms with Crippen molar-refractivity contribution in [3.63, 3.8) is 0 Å². The largest absolute Gasteiger partial charge is 0.382 e. The van der Waals surface area contributed by atoms with Crippen molar-refractivity contribution in [1.82, 2.24) is 20.1 Å². The number of rotatable bonds is 3. The molecule has 6 nitrogen and oxygen atoms in total. The first-order valence-corrected chi connectivity index (χ1v) is 6.66. The van der Waals surface area contributed by atoms with Crippen molar-refractivity contribution in [2.45, 2.75) is 6.42 Å². The standard InChI is InChI=1S/C13H10BrN5O/c14-9-4-2-1-3-8(9)7-10-18-13(20-19-10)11-12(15)17-6-5-16-11/h1-6H,7H2,(H2,15,17). The Morgan fingerprint density at radius 1 is 1.15 bits per heavy atom. The molecule has 0 atom stereocenters. The fraction of sp³-hybridized carbons (Fsp3) is 0.0769. The zero-order valence-electron chi connectivity index (χ0n) is 10.3. The molecule has 0 unspecified atom stereocenters. The fourth-order valence-corrected chi connectivity index (χ4v) is 2.17. The van der Waals surface area contributed by atoms with Crippen LogP contribution in [0.2, 0.25) is 0 Å². The van der Waals surface area contributed by atoms with Crippen molar-refractivity contribution in [2.75, 3.05) is 5.73 Å². The highest BCUT2D eigenvalue weighted by Crippen LogP contribution is 2.22. The van der Waals surface area contributed by atoms with Gasteiger partial charge in [-0.25, -0.2) is 9.97 Å². The molecule has 0 aliphatic rings. The van der Waals surface area contributed by atoms with Crippen LogP contribution in [0.3, 0.4) is 0 Å². The number of nitrogen functional groups attached to an aromatic ring is 1. The van der Waals surface area contributed by atoms with Crippen LogP contribution in [0.4, 0.5) is 5.82 Å². The highest BCUT2D eigenvalue weighted by atomic mass is 79.9. The second-order valence-electron chi connectivity index (χ2n) is 4.07. The van der Waals surface area contributed by atoms with Crippen LogP contribution in [0.1, 0.15) is 11.4 Å². The Hall–Kier alpha value is -2.28. The van der Waals surface area contributed by atoms with Gasteiger partial charge in [0, 0.05) is 23.3 Å². The third-order valence-corrected chi connectivity index (χ3v) is 3.48. The summed E-state index contributed by atoms with van der Waals surface area (Å²) in [5, 5.41) is 3.94. The summed E-state index contributed by atoms with van der Waals surface area (Å²) in [5.74, 6) is 1.11. The Labute approximate surface area is 123 Å². The van der Waals surface area contributed by atoms with Gasteiger partial charge in [0.25, 0.3) is 5.89 Å². The molecule has 0 radical (unpaired) electrons. The van der Waals surface area contributed by atoms with E-state index in [-0.39, 0.29) is 11.7 Å². The third-order valence-electron chi connectivity index (χ3n) is 2.70. The number of nitrogens with zero attached hydrogens (tertiary/aromatic N) is 4. The van der Waals surface area contributed by atoms with E-state index in [2.05, 4.69) is 36.0 Å². The van der Waals surface area contributed by atoms with Gasteiger partial charge in [0.15, 0.2) is 17.3 Å². The first kappa shape index (κ1) is 12.7. The molecule has 0 aliphatic heterocycles. The van der Waals surface area contributed by atoms with Gasteiger partial charge in [0.05, 0.1) is 0 Å². The van der Waals surface area contributed by atoms with Crippen LogP contribution < -0.4 is 5.73 Å². The third kappa shape index (κ3) is 2.53. The minimum absolute atomic E-state index is 0.267. The van der Waals surface area contributed by atoms with Crippen molar-refractivity contribution in [3.8, 4) is 11.6 Å². The zero-order chi connectivity index (χ0) is 13.9. The number of hydrogen-bond acceptors (Lipinski definition) is 6. The van der Waals surface area contributed by atoms with Gasteiger partial charge < -0.3 is 10.3 Å². The van der Waals surface area contributed by atoms with Crippen molar-refractivity contribution in [2.24, 2.45) is 0 Å². The van der Waals surface area contributed by atoms with Gasteiger partial charge in [-0.2, -0.15) is 4.98 Å². The molecule has 100 valence electrons. The van der Waals surface area contributed by atoms with E-state index in [9.17, 15) is 0 Å². The highest BCUT2D eigenvalue weighted by Gasteiger charge is 2.14. The topological polar surface area (TPSA) is 90.7 Å². The van der Waals surface area contributed by atoms with E-state index in [1.54, 1.807) is 0 Å². The molecule has 0 fully saturated rings. The molecule has 2 N–H and O–H groups in total. The minimum Gasteiger partial charge on any atom is -0.382 e. The van der Waals surface area contributed by atoms with E-state index in [1.165, 1.54) is 12.4 Å². The monoisotopic (exact) mass is 331 g/mol. The molecule has 1 aromatic carbocycles. The van der Waals surface area contributed by atoms with Crippen LogP contribution >= 0.6 is 15.9 Å². The zero-order valence-corrected chi connectivity index (χ0v) is 11.9. The average Bonchev–Trinajstić information content (AvgIpc) is 2.90. The molecular formula is C13H10BrN5O. The summed E-state index contributed by atoms with van der Waals surface area (Å²) in [5.41, 5.74) is 7.21. The van der Waals surface area contributed by atoms with Gasteiger partial charge in [0.1, 0.15) is 0 Å². The van der Waals surface area contributed by atoms with Gasteiger partial charge >= 0.3 is 0 Å². The van der Waals surface area contributed by atoms with Crippen LogP contribution in [0.25, 0.3) is 11.6 Å². The van der Waals surface area contributed by atoms with Crippen molar-refractivity contribution < 1.29 is 4.52 Å². The van der Waals surface area contributed by atoms with E-state index in [0.717, 1.165) is 10.0 Å². The number of halogens is 1. The molecule has 0 amide bonds. The molecule has 0 saturated heterocycles. The lowest BCUT2D eigenvalue weighted by atomic mass is 10.1. The molecule has 2 aromatic heterocycles. The van der Waals surface area contributed by atoms with Gasteiger partial charge in [-0.05, 0) is 11.6 Å². The summed E-state index contributed by atoms with van der Waals surface area (Å²) in [6.07, 6.45) is 3.60. The quantitative estimate of drug-likeness (QED) is 0.792. The number of aromatic nitrogens is 4. The Morgan fingerprint density at radius 3 is 2.75 bits per heavy atom. The fourth-order valence-electron chi connectivity index (χ4n) is 1.75. The number of anilines is 1. The lowest BCUT2D eigenvalue weighted by molar-refractivity contribution is 0.422. The molecule has 7 heteroatoms. The van der Waals surface area contributed by atoms with E-state index in [1.807, 2.05) is 24.3 Å². The predicted octanol–water partition coefficient (Wildman–Crippen LogP) is 2.46. The smallest absolute Gasteiger partial charge is 0.280 e. The number of hydrogen-bond donors (Lipinski definition) is 1. The molecule has 2 heterocycles. The number of nitrogens with two attached hydrogens (primary N) is 1. The van der Waals surface area contributed by atoms with Gasteiger partial charge in [-0.1, -0.05) is 39.3 Å². The molecule has 0 spiro atoms. The van der Waals surface area contributed by atoms with Crippen LogP contribution in [-0.4, -0.2) is 20.1 Å². The second kappa shape index (κ2) is 5.38. The number of benzene rings is 1. The van der Waals surface area contributed by atoms with Crippen LogP contribution in [0.5, 0.6) is 0 Å². The van der Waals surface area contributed by atoms with Crippen molar-refractivity contribution in [1.29, 1.82) is 0 Å². The van der Waals surface area contributed by atoms with E-state index in [0.29, 0.717) is 17.9 Å². The van der Waals surface area contributed by atoms with Crippen molar-refractivity contribution in [3.05, 3.63) is 52.5 Å². The van der Waals surface area contributed by atoms with Gasteiger partial charge in [-0.3, -0.25) is 0 Å². The molecule has 3 rings (SSSR count). The Kier molecular flexibility index (Phi) is 3.42. The summed E-state index contributed by atoms with van der Waals surface area (Å²) in [6.45, 7) is 0. The normalized spacial score (nSPS) is 10.7. The van der Waals surface area contributed by atoms with Crippen LogP contribution in [0.15, 0.2) is 45.7 Å². The average molecular weight is 332 g/mol.